The van der Waals surface area contributed by atoms with Crippen molar-refractivity contribution < 1.29 is 8.42 Å². The molecule has 2 aliphatic heterocycles. The maximum absolute atomic E-state index is 12.8. The summed E-state index contributed by atoms with van der Waals surface area (Å²) in [7, 11) is -3.51. The molecule has 2 unspecified atom stereocenters. The second-order valence-corrected chi connectivity index (χ2v) is 7.27. The topological polar surface area (TPSA) is 73.2 Å². The summed E-state index contributed by atoms with van der Waals surface area (Å²) in [5, 5.41) is 12.2. The van der Waals surface area contributed by atoms with E-state index < -0.39 is 10.0 Å². The number of benzene rings is 1. The van der Waals surface area contributed by atoms with Gasteiger partial charge in [-0.1, -0.05) is 6.07 Å². The van der Waals surface area contributed by atoms with E-state index in [1.165, 1.54) is 6.07 Å². The summed E-state index contributed by atoms with van der Waals surface area (Å²) in [6.45, 7) is 2.19. The smallest absolute Gasteiger partial charge is 0.243 e. The van der Waals surface area contributed by atoms with E-state index in [1.807, 2.05) is 6.07 Å². The third kappa shape index (κ3) is 2.22. The predicted octanol–water partition coefficient (Wildman–Crippen LogP) is 0.931. The monoisotopic (exact) mass is 291 g/mol. The van der Waals surface area contributed by atoms with Crippen LogP contribution in [0, 0.1) is 17.2 Å². The summed E-state index contributed by atoms with van der Waals surface area (Å²) in [5.74, 6) is 0.415. The zero-order valence-electron chi connectivity index (χ0n) is 11.1. The van der Waals surface area contributed by atoms with Crippen LogP contribution in [0.15, 0.2) is 29.2 Å². The molecule has 6 heteroatoms. The Kier molecular flexibility index (Phi) is 3.50. The van der Waals surface area contributed by atoms with Gasteiger partial charge in [0, 0.05) is 19.1 Å². The zero-order valence-corrected chi connectivity index (χ0v) is 11.9. The van der Waals surface area contributed by atoms with Crippen molar-refractivity contribution in [3.8, 4) is 6.07 Å². The molecule has 20 heavy (non-hydrogen) atoms. The molecule has 0 radical (unpaired) electrons. The number of nitrogens with zero attached hydrogens (tertiary/aromatic N) is 2. The summed E-state index contributed by atoms with van der Waals surface area (Å²) in [4.78, 5) is 0.226. The van der Waals surface area contributed by atoms with Gasteiger partial charge >= 0.3 is 0 Å². The van der Waals surface area contributed by atoms with E-state index in [-0.39, 0.29) is 10.9 Å². The highest BCUT2D eigenvalue weighted by Crippen LogP contribution is 2.31. The quantitative estimate of drug-likeness (QED) is 0.880. The summed E-state index contributed by atoms with van der Waals surface area (Å²) < 4.78 is 27.2. The molecular formula is C14H17N3O2S. The van der Waals surface area contributed by atoms with Crippen LogP contribution in [0.1, 0.15) is 18.4 Å². The molecule has 2 fully saturated rings. The SMILES string of the molecule is N#Cc1cccc(S(=O)(=O)N2CCCC3CNCC32)c1. The van der Waals surface area contributed by atoms with Gasteiger partial charge in [0.1, 0.15) is 0 Å². The van der Waals surface area contributed by atoms with Crippen molar-refractivity contribution in [3.05, 3.63) is 29.8 Å². The van der Waals surface area contributed by atoms with E-state index in [0.29, 0.717) is 18.0 Å². The van der Waals surface area contributed by atoms with Crippen molar-refractivity contribution in [1.29, 1.82) is 5.26 Å². The number of rotatable bonds is 2. The minimum atomic E-state index is -3.51. The Morgan fingerprint density at radius 2 is 2.20 bits per heavy atom. The van der Waals surface area contributed by atoms with Gasteiger partial charge in [0.2, 0.25) is 10.0 Å². The van der Waals surface area contributed by atoms with E-state index in [2.05, 4.69) is 5.32 Å². The maximum atomic E-state index is 12.8. The van der Waals surface area contributed by atoms with Gasteiger partial charge < -0.3 is 5.32 Å². The Bertz CT molecular complexity index is 651. The van der Waals surface area contributed by atoms with Crippen molar-refractivity contribution in [3.63, 3.8) is 0 Å². The molecule has 2 aliphatic rings. The summed E-state index contributed by atoms with van der Waals surface area (Å²) in [6, 6.07) is 8.32. The first-order chi connectivity index (χ1) is 9.63. The fourth-order valence-electron chi connectivity index (χ4n) is 3.19. The first-order valence-electron chi connectivity index (χ1n) is 6.85. The standard InChI is InChI=1S/C14H17N3O2S/c15-8-11-3-1-5-13(7-11)20(18,19)17-6-2-4-12-9-16-10-14(12)17/h1,3,5,7,12,14,16H,2,4,6,9-10H2. The van der Waals surface area contributed by atoms with Crippen molar-refractivity contribution >= 4 is 10.0 Å². The van der Waals surface area contributed by atoms with Gasteiger partial charge in [-0.3, -0.25) is 0 Å². The Labute approximate surface area is 119 Å². The number of sulfonamides is 1. The number of nitriles is 1. The molecule has 0 amide bonds. The molecule has 0 aliphatic carbocycles. The molecule has 3 rings (SSSR count). The Morgan fingerprint density at radius 3 is 3.00 bits per heavy atom. The zero-order chi connectivity index (χ0) is 14.2. The molecule has 1 aromatic rings. The van der Waals surface area contributed by atoms with Crippen molar-refractivity contribution in [1.82, 2.24) is 9.62 Å². The van der Waals surface area contributed by atoms with E-state index in [1.54, 1.807) is 22.5 Å². The lowest BCUT2D eigenvalue weighted by Gasteiger charge is -2.35. The molecule has 0 bridgehead atoms. The third-order valence-electron chi connectivity index (χ3n) is 4.20. The normalized spacial score (nSPS) is 26.9. The highest BCUT2D eigenvalue weighted by atomic mass is 32.2. The van der Waals surface area contributed by atoms with E-state index >= 15 is 0 Å². The lowest BCUT2D eigenvalue weighted by Crippen LogP contribution is -2.48. The summed E-state index contributed by atoms with van der Waals surface area (Å²) in [6.07, 6.45) is 1.99. The summed E-state index contributed by atoms with van der Waals surface area (Å²) in [5.41, 5.74) is 0.379. The van der Waals surface area contributed by atoms with Crippen molar-refractivity contribution in [2.75, 3.05) is 19.6 Å². The molecular weight excluding hydrogens is 274 g/mol. The molecule has 106 valence electrons. The van der Waals surface area contributed by atoms with Gasteiger partial charge in [0.25, 0.3) is 0 Å². The Balaban J connectivity index is 1.96. The van der Waals surface area contributed by atoms with Crippen molar-refractivity contribution in [2.45, 2.75) is 23.8 Å². The molecule has 0 spiro atoms. The highest BCUT2D eigenvalue weighted by molar-refractivity contribution is 7.89. The van der Waals surface area contributed by atoms with E-state index in [0.717, 1.165) is 25.9 Å². The number of hydrogen-bond donors (Lipinski definition) is 1. The van der Waals surface area contributed by atoms with E-state index in [9.17, 15) is 8.42 Å². The minimum Gasteiger partial charge on any atom is -0.315 e. The number of hydrogen-bond acceptors (Lipinski definition) is 4. The average molecular weight is 291 g/mol. The third-order valence-corrected chi connectivity index (χ3v) is 6.12. The van der Waals surface area contributed by atoms with Crippen LogP contribution in [-0.4, -0.2) is 38.4 Å². The molecule has 0 saturated carbocycles. The maximum Gasteiger partial charge on any atom is 0.243 e. The van der Waals surface area contributed by atoms with Crippen LogP contribution in [0.2, 0.25) is 0 Å². The number of piperidine rings is 1. The number of fused-ring (bicyclic) bond motifs is 1. The van der Waals surface area contributed by atoms with E-state index in [4.69, 9.17) is 5.26 Å². The predicted molar refractivity (Wildman–Crippen MR) is 74.4 cm³/mol. The highest BCUT2D eigenvalue weighted by Gasteiger charge is 2.41. The van der Waals surface area contributed by atoms with Crippen molar-refractivity contribution in [2.24, 2.45) is 5.92 Å². The molecule has 2 saturated heterocycles. The van der Waals surface area contributed by atoms with Crippen LogP contribution < -0.4 is 5.32 Å². The Morgan fingerprint density at radius 1 is 1.35 bits per heavy atom. The van der Waals surface area contributed by atoms with Crippen LogP contribution in [0.3, 0.4) is 0 Å². The Hall–Kier alpha value is -1.42. The molecule has 5 nitrogen and oxygen atoms in total. The minimum absolute atomic E-state index is 0.0551. The van der Waals surface area contributed by atoms with Gasteiger partial charge in [-0.05, 0) is 43.5 Å². The molecule has 2 atom stereocenters. The van der Waals surface area contributed by atoms with Crippen LogP contribution in [-0.2, 0) is 10.0 Å². The molecule has 2 heterocycles. The average Bonchev–Trinajstić information content (AvgIpc) is 2.95. The lowest BCUT2D eigenvalue weighted by molar-refractivity contribution is 0.217. The van der Waals surface area contributed by atoms with Crippen LogP contribution in [0.5, 0.6) is 0 Å². The van der Waals surface area contributed by atoms with Gasteiger partial charge in [-0.25, -0.2) is 8.42 Å². The molecule has 0 aromatic heterocycles. The van der Waals surface area contributed by atoms with Gasteiger partial charge in [0.15, 0.2) is 0 Å². The largest absolute Gasteiger partial charge is 0.315 e. The number of nitrogens with one attached hydrogen (secondary N) is 1. The molecule has 1 aromatic carbocycles. The second kappa shape index (κ2) is 5.17. The van der Waals surface area contributed by atoms with Crippen LogP contribution in [0.25, 0.3) is 0 Å². The van der Waals surface area contributed by atoms with Gasteiger partial charge in [0.05, 0.1) is 16.5 Å². The fourth-order valence-corrected chi connectivity index (χ4v) is 4.96. The first kappa shape index (κ1) is 13.6. The lowest BCUT2D eigenvalue weighted by atomic mass is 9.94. The first-order valence-corrected chi connectivity index (χ1v) is 8.29. The van der Waals surface area contributed by atoms with Crippen LogP contribution >= 0.6 is 0 Å². The van der Waals surface area contributed by atoms with Crippen LogP contribution in [0.4, 0.5) is 0 Å². The fraction of sp³-hybridized carbons (Fsp3) is 0.500. The summed E-state index contributed by atoms with van der Waals surface area (Å²) >= 11 is 0. The second-order valence-electron chi connectivity index (χ2n) is 5.38. The molecule has 1 N–H and O–H groups in total. The van der Waals surface area contributed by atoms with Gasteiger partial charge in [-0.15, -0.1) is 0 Å². The van der Waals surface area contributed by atoms with Gasteiger partial charge in [-0.2, -0.15) is 9.57 Å².